The van der Waals surface area contributed by atoms with E-state index in [0.717, 1.165) is 44.3 Å². The summed E-state index contributed by atoms with van der Waals surface area (Å²) in [5.41, 5.74) is 6.47. The van der Waals surface area contributed by atoms with E-state index in [9.17, 15) is 9.59 Å². The second-order valence-corrected chi connectivity index (χ2v) is 9.83. The fourth-order valence-electron chi connectivity index (χ4n) is 5.10. The van der Waals surface area contributed by atoms with Crippen LogP contribution in [0.1, 0.15) is 30.0 Å². The highest BCUT2D eigenvalue weighted by molar-refractivity contribution is 6.02. The molecule has 1 heterocycles. The molecule has 0 aliphatic carbocycles. The lowest BCUT2D eigenvalue weighted by atomic mass is 9.98. The molecule has 0 fully saturated rings. The summed E-state index contributed by atoms with van der Waals surface area (Å²) < 4.78 is 0. The van der Waals surface area contributed by atoms with Crippen LogP contribution in [0.25, 0.3) is 21.9 Å². The van der Waals surface area contributed by atoms with Crippen molar-refractivity contribution in [3.63, 3.8) is 0 Å². The van der Waals surface area contributed by atoms with E-state index in [1.165, 1.54) is 0 Å². The third-order valence-electron chi connectivity index (χ3n) is 7.48. The molecule has 1 aliphatic rings. The molecule has 2 unspecified atom stereocenters. The molecule has 5 nitrogen and oxygen atoms in total. The predicted octanol–water partition coefficient (Wildman–Crippen LogP) is 5.39. The summed E-state index contributed by atoms with van der Waals surface area (Å²) in [5.74, 6) is -0.244. The molecule has 37 heavy (non-hydrogen) atoms. The average Bonchev–Trinajstić information content (AvgIpc) is 3.06. The first kappa shape index (κ1) is 24.7. The molecular weight excluding hydrogens is 458 g/mol. The number of likely N-dealkylation sites (N-methyl/N-ethyl adjacent to an activating group) is 1. The number of benzene rings is 4. The van der Waals surface area contributed by atoms with Crippen molar-refractivity contribution in [1.82, 2.24) is 10.6 Å². The van der Waals surface area contributed by atoms with Crippen LogP contribution in [0.5, 0.6) is 0 Å². The molecule has 5 heteroatoms. The van der Waals surface area contributed by atoms with E-state index in [1.807, 2.05) is 35.2 Å². The van der Waals surface area contributed by atoms with Gasteiger partial charge in [-0.3, -0.25) is 9.59 Å². The summed E-state index contributed by atoms with van der Waals surface area (Å²) in [6.45, 7) is 4.33. The van der Waals surface area contributed by atoms with E-state index in [2.05, 4.69) is 72.2 Å². The first-order chi connectivity index (χ1) is 18.0. The third kappa shape index (κ3) is 5.00. The molecular formula is C32H33N3O2. The minimum atomic E-state index is -0.592. The highest BCUT2D eigenvalue weighted by atomic mass is 16.2. The van der Waals surface area contributed by atoms with Crippen molar-refractivity contribution in [2.75, 3.05) is 11.9 Å². The normalized spacial score (nSPS) is 16.2. The summed E-state index contributed by atoms with van der Waals surface area (Å²) >= 11 is 0. The summed E-state index contributed by atoms with van der Waals surface area (Å²) in [6.07, 6.45) is 1.27. The van der Waals surface area contributed by atoms with Crippen LogP contribution in [0.15, 0.2) is 84.9 Å². The van der Waals surface area contributed by atoms with Gasteiger partial charge >= 0.3 is 0 Å². The monoisotopic (exact) mass is 491 g/mol. The number of carbonyl (C=O) groups excluding carboxylic acids is 2. The van der Waals surface area contributed by atoms with E-state index < -0.39 is 6.04 Å². The Bertz CT molecular complexity index is 1450. The Hall–Kier alpha value is -3.96. The fraction of sp³-hybridized carbons (Fsp3) is 0.250. The summed E-state index contributed by atoms with van der Waals surface area (Å²) in [6, 6.07) is 28.2. The van der Waals surface area contributed by atoms with Gasteiger partial charge < -0.3 is 15.5 Å². The highest BCUT2D eigenvalue weighted by Crippen LogP contribution is 2.35. The Morgan fingerprint density at radius 2 is 1.73 bits per heavy atom. The minimum absolute atomic E-state index is 0.0760. The molecule has 5 rings (SSSR count). The van der Waals surface area contributed by atoms with Gasteiger partial charge in [-0.2, -0.15) is 0 Å². The highest BCUT2D eigenvalue weighted by Gasteiger charge is 2.33. The molecule has 4 aromatic carbocycles. The number of aryl methyl sites for hydroxylation is 2. The van der Waals surface area contributed by atoms with Gasteiger partial charge in [-0.05, 0) is 78.4 Å². The van der Waals surface area contributed by atoms with Crippen LogP contribution in [0.3, 0.4) is 0 Å². The SMILES string of the molecule is CNC(C)C(=O)NC1CCc2ccc(-c3ccccc3)cc2N(Cc2c(C)ccc3ccccc23)C1=O. The molecule has 2 amide bonds. The maximum absolute atomic E-state index is 14.1. The zero-order valence-corrected chi connectivity index (χ0v) is 21.6. The second-order valence-electron chi connectivity index (χ2n) is 9.83. The number of hydrogen-bond acceptors (Lipinski definition) is 3. The molecule has 0 saturated carbocycles. The lowest BCUT2D eigenvalue weighted by Gasteiger charge is -2.28. The Morgan fingerprint density at radius 3 is 2.51 bits per heavy atom. The van der Waals surface area contributed by atoms with Crippen LogP contribution >= 0.6 is 0 Å². The number of amides is 2. The molecule has 0 aromatic heterocycles. The van der Waals surface area contributed by atoms with Crippen molar-refractivity contribution in [2.45, 2.75) is 45.3 Å². The Kier molecular flexibility index (Phi) is 7.06. The van der Waals surface area contributed by atoms with Gasteiger partial charge in [0.05, 0.1) is 12.6 Å². The van der Waals surface area contributed by atoms with Crippen LogP contribution < -0.4 is 15.5 Å². The average molecular weight is 492 g/mol. The van der Waals surface area contributed by atoms with Crippen LogP contribution in [0.4, 0.5) is 5.69 Å². The predicted molar refractivity (Wildman–Crippen MR) is 151 cm³/mol. The minimum Gasteiger partial charge on any atom is -0.343 e. The molecule has 0 saturated heterocycles. The number of fused-ring (bicyclic) bond motifs is 2. The smallest absolute Gasteiger partial charge is 0.249 e. The molecule has 0 spiro atoms. The van der Waals surface area contributed by atoms with Crippen LogP contribution in [0, 0.1) is 6.92 Å². The molecule has 188 valence electrons. The van der Waals surface area contributed by atoms with Crippen molar-refractivity contribution in [3.8, 4) is 11.1 Å². The second kappa shape index (κ2) is 10.6. The fourth-order valence-corrected chi connectivity index (χ4v) is 5.10. The van der Waals surface area contributed by atoms with Gasteiger partial charge in [-0.15, -0.1) is 0 Å². The number of nitrogens with one attached hydrogen (secondary N) is 2. The Labute approximate surface area is 218 Å². The Balaban J connectivity index is 1.61. The van der Waals surface area contributed by atoms with Crippen molar-refractivity contribution in [2.24, 2.45) is 0 Å². The van der Waals surface area contributed by atoms with Gasteiger partial charge in [0.25, 0.3) is 0 Å². The zero-order valence-electron chi connectivity index (χ0n) is 21.6. The number of nitrogens with zero attached hydrogens (tertiary/aromatic N) is 1. The van der Waals surface area contributed by atoms with E-state index in [0.29, 0.717) is 19.4 Å². The van der Waals surface area contributed by atoms with Gasteiger partial charge in [0, 0.05) is 5.69 Å². The molecule has 1 aliphatic heterocycles. The van der Waals surface area contributed by atoms with Crippen molar-refractivity contribution < 1.29 is 9.59 Å². The molecule has 0 bridgehead atoms. The van der Waals surface area contributed by atoms with Crippen LogP contribution in [0.2, 0.25) is 0 Å². The molecule has 2 atom stereocenters. The van der Waals surface area contributed by atoms with Gasteiger partial charge in [0.1, 0.15) is 6.04 Å². The number of hydrogen-bond donors (Lipinski definition) is 2. The molecule has 2 N–H and O–H groups in total. The summed E-state index contributed by atoms with van der Waals surface area (Å²) in [5, 5.41) is 8.28. The number of anilines is 1. The number of rotatable bonds is 6. The standard InChI is InChI=1S/C32H33N3O2/c1-21-13-14-24-11-7-8-12-27(24)28(21)20-35-30-19-26(23-9-5-4-6-10-23)16-15-25(30)17-18-29(32(35)37)34-31(36)22(2)33-3/h4-16,19,22,29,33H,17-18,20H2,1-3H3,(H,34,36). The van der Waals surface area contributed by atoms with Gasteiger partial charge in [0.2, 0.25) is 11.8 Å². The lowest BCUT2D eigenvalue weighted by molar-refractivity contribution is -0.128. The first-order valence-corrected chi connectivity index (χ1v) is 12.9. The zero-order chi connectivity index (χ0) is 25.9. The Morgan fingerprint density at radius 1 is 0.973 bits per heavy atom. The number of carbonyl (C=O) groups is 2. The van der Waals surface area contributed by atoms with E-state index >= 15 is 0 Å². The quantitative estimate of drug-likeness (QED) is 0.380. The largest absolute Gasteiger partial charge is 0.343 e. The van der Waals surface area contributed by atoms with E-state index in [-0.39, 0.29) is 17.9 Å². The summed E-state index contributed by atoms with van der Waals surface area (Å²) in [7, 11) is 1.75. The van der Waals surface area contributed by atoms with E-state index in [1.54, 1.807) is 14.0 Å². The van der Waals surface area contributed by atoms with Gasteiger partial charge in [-0.1, -0.05) is 78.9 Å². The van der Waals surface area contributed by atoms with Crippen molar-refractivity contribution in [1.29, 1.82) is 0 Å². The maximum atomic E-state index is 14.1. The van der Waals surface area contributed by atoms with E-state index in [4.69, 9.17) is 0 Å². The van der Waals surface area contributed by atoms with Crippen LogP contribution in [-0.4, -0.2) is 30.9 Å². The maximum Gasteiger partial charge on any atom is 0.249 e. The van der Waals surface area contributed by atoms with Gasteiger partial charge in [0.15, 0.2) is 0 Å². The lowest BCUT2D eigenvalue weighted by Crippen LogP contribution is -2.52. The first-order valence-electron chi connectivity index (χ1n) is 12.9. The van der Waals surface area contributed by atoms with Crippen molar-refractivity contribution in [3.05, 3.63) is 102 Å². The third-order valence-corrected chi connectivity index (χ3v) is 7.48. The molecule has 4 aromatic rings. The topological polar surface area (TPSA) is 61.4 Å². The van der Waals surface area contributed by atoms with Crippen molar-refractivity contribution >= 4 is 28.3 Å². The van der Waals surface area contributed by atoms with Gasteiger partial charge in [-0.25, -0.2) is 0 Å². The summed E-state index contributed by atoms with van der Waals surface area (Å²) in [4.78, 5) is 28.8. The van der Waals surface area contributed by atoms with Crippen LogP contribution in [-0.2, 0) is 22.6 Å². The molecule has 0 radical (unpaired) electrons.